The lowest BCUT2D eigenvalue weighted by molar-refractivity contribution is -0.173. The molecular weight excluding hydrogens is 1200 g/mol. The van der Waals surface area contributed by atoms with Crippen LogP contribution in [0.15, 0.2) is 84.9 Å². The van der Waals surface area contributed by atoms with Crippen LogP contribution in [0.1, 0.15) is 338 Å². The Morgan fingerprint density at radius 1 is 0.351 bits per heavy atom. The third-order valence-corrected chi connectivity index (χ3v) is 20.0. The Balaban J connectivity index is 0.000000608. The van der Waals surface area contributed by atoms with Crippen molar-refractivity contribution >= 4 is 29.8 Å². The molecule has 548 valence electrons. The molecule has 10 nitrogen and oxygen atoms in total. The molecule has 1 aliphatic rings. The minimum Gasteiger partial charge on any atom is -0.461 e. The van der Waals surface area contributed by atoms with E-state index < -0.39 is 21.7 Å². The number of carbonyl (C=O) groups excluding carboxylic acids is 5. The van der Waals surface area contributed by atoms with Crippen LogP contribution in [0, 0.1) is 50.2 Å². The molecule has 0 radical (unpaired) electrons. The lowest BCUT2D eigenvalue weighted by Crippen LogP contribution is -2.46. The van der Waals surface area contributed by atoms with E-state index in [9.17, 15) is 24.0 Å². The molecule has 0 aliphatic heterocycles. The molecule has 4 atom stereocenters. The summed E-state index contributed by atoms with van der Waals surface area (Å²) in [5.41, 5.74) is 5.52. The third-order valence-electron chi connectivity index (χ3n) is 20.0. The maximum atomic E-state index is 12.4. The van der Waals surface area contributed by atoms with Crippen molar-refractivity contribution in [2.24, 2.45) is 50.2 Å². The highest BCUT2D eigenvalue weighted by atomic mass is 16.6. The van der Waals surface area contributed by atoms with Crippen molar-refractivity contribution in [3.63, 3.8) is 0 Å². The van der Waals surface area contributed by atoms with Crippen molar-refractivity contribution in [2.75, 3.05) is 0 Å². The molecule has 1 fully saturated rings. The average molecular weight is 1350 g/mol. The number of esters is 5. The molecular formula is C87H140O10. The van der Waals surface area contributed by atoms with E-state index in [0.717, 1.165) is 44.4 Å². The molecule has 0 amide bonds. The number of carbonyl (C=O) groups is 5. The summed E-state index contributed by atoms with van der Waals surface area (Å²) in [5, 5.41) is 0. The Morgan fingerprint density at radius 3 is 0.928 bits per heavy atom. The lowest BCUT2D eigenvalue weighted by atomic mass is 9.64. The van der Waals surface area contributed by atoms with Gasteiger partial charge in [-0.15, -0.1) is 0 Å². The number of ether oxygens (including phenoxy) is 5. The van der Waals surface area contributed by atoms with E-state index in [-0.39, 0.29) is 63.0 Å². The molecule has 0 heterocycles. The van der Waals surface area contributed by atoms with E-state index in [4.69, 9.17) is 23.7 Å². The monoisotopic (exact) mass is 1350 g/mol. The average Bonchev–Trinajstić information content (AvgIpc) is 0.811. The number of rotatable bonds is 18. The van der Waals surface area contributed by atoms with Gasteiger partial charge >= 0.3 is 29.8 Å². The lowest BCUT2D eigenvalue weighted by Gasteiger charge is -2.46. The number of hydrogen-bond donors (Lipinski definition) is 0. The summed E-state index contributed by atoms with van der Waals surface area (Å²) in [6, 6.07) is 27.9. The van der Waals surface area contributed by atoms with Gasteiger partial charge in [-0.05, 0) is 247 Å². The van der Waals surface area contributed by atoms with Gasteiger partial charge in [0.15, 0.2) is 0 Å². The first-order valence-corrected chi connectivity index (χ1v) is 36.6. The SMILES string of the molecule is CCC(C)(C)C(=O)OC1C(C)CC(C)CC1C(C)(C)C.CCC(C)(C)C(=O)Oc1cc(C(C)(C)C)cc(C(C)(C)C)c1.CCC(C)(C)C(=O)Oc1cc(C(C)C)cc(C(C)C)c1.CCC(C)(C)C(=O)Oc1ccc(C(C)(C)C)cc1.CCC(C)(C)C(=O)Oc1ccc(C(C)C)cc1. The van der Waals surface area contributed by atoms with Gasteiger partial charge in [0.2, 0.25) is 0 Å². The molecule has 97 heavy (non-hydrogen) atoms. The Hall–Kier alpha value is -5.77. The first kappa shape index (κ1) is 89.2. The van der Waals surface area contributed by atoms with Crippen molar-refractivity contribution in [1.29, 1.82) is 0 Å². The molecule has 4 unspecified atom stereocenters. The summed E-state index contributed by atoms with van der Waals surface area (Å²) in [6.45, 7) is 73.1. The molecule has 5 rings (SSSR count). The quantitative estimate of drug-likeness (QED) is 0.0701. The van der Waals surface area contributed by atoms with E-state index in [1.165, 1.54) is 39.8 Å². The van der Waals surface area contributed by atoms with Gasteiger partial charge in [-0.3, -0.25) is 24.0 Å². The highest BCUT2D eigenvalue weighted by Crippen LogP contribution is 2.45. The number of hydrogen-bond acceptors (Lipinski definition) is 10. The molecule has 0 N–H and O–H groups in total. The molecule has 1 aliphatic carbocycles. The highest BCUT2D eigenvalue weighted by molar-refractivity contribution is 5.80. The van der Waals surface area contributed by atoms with Gasteiger partial charge in [-0.2, -0.15) is 0 Å². The minimum absolute atomic E-state index is 0.0166. The summed E-state index contributed by atoms with van der Waals surface area (Å²) >= 11 is 0. The minimum atomic E-state index is -0.459. The molecule has 4 aromatic carbocycles. The zero-order chi connectivity index (χ0) is 75.6. The summed E-state index contributed by atoms with van der Waals surface area (Å²) in [4.78, 5) is 60.8. The van der Waals surface area contributed by atoms with Gasteiger partial charge in [0.05, 0.1) is 27.1 Å². The second kappa shape index (κ2) is 36.5. The maximum absolute atomic E-state index is 12.4. The van der Waals surface area contributed by atoms with Gasteiger partial charge in [-0.25, -0.2) is 0 Å². The van der Waals surface area contributed by atoms with Crippen molar-refractivity contribution in [2.45, 2.75) is 327 Å². The van der Waals surface area contributed by atoms with Crippen LogP contribution in [0.5, 0.6) is 23.0 Å². The van der Waals surface area contributed by atoms with E-state index in [1.54, 1.807) is 0 Å². The van der Waals surface area contributed by atoms with Crippen LogP contribution in [-0.4, -0.2) is 36.0 Å². The Bertz CT molecular complexity index is 3040. The predicted molar refractivity (Wildman–Crippen MR) is 407 cm³/mol. The standard InChI is InChI=1S/C20H32O2.C18H34O2.C18H28O2.C16H24O2.C15H22O2/c1-10-20(8,9)17(21)22-16-12-14(18(2,3)4)11-15(13-16)19(5,6)7;1-9-18(7,8)16(19)20-15-13(3)10-12(2)11-14(15)17(4,5)6;1-8-18(6,7)17(19)20-16-10-14(12(2)3)9-15(11-16)13(4)5;1-7-16(5,6)14(17)18-13-10-8-12(9-11-13)15(2,3)4;1-6-15(4,5)14(16)17-13-9-7-12(8-10-13)11(2)3/h11-13H,10H2,1-9H3;12-15H,9-11H2,1-8H3;9-13H,8H2,1-7H3;8-11H,7H2,1-6H3;7-11H,6H2,1-5H3. The van der Waals surface area contributed by atoms with E-state index in [0.29, 0.717) is 52.6 Å². The van der Waals surface area contributed by atoms with E-state index in [1.807, 2.05) is 170 Å². The summed E-state index contributed by atoms with van der Waals surface area (Å²) < 4.78 is 28.1. The molecule has 4 aromatic rings. The summed E-state index contributed by atoms with van der Waals surface area (Å²) in [7, 11) is 0. The molecule has 0 aromatic heterocycles. The second-order valence-corrected chi connectivity index (χ2v) is 36.0. The summed E-state index contributed by atoms with van der Waals surface area (Å²) in [5.74, 6) is 4.86. The van der Waals surface area contributed by atoms with Crippen LogP contribution >= 0.6 is 0 Å². The smallest absolute Gasteiger partial charge is 0.316 e. The molecule has 0 saturated heterocycles. The fourth-order valence-electron chi connectivity index (χ4n) is 9.70. The fourth-order valence-corrected chi connectivity index (χ4v) is 9.70. The molecule has 10 heteroatoms. The van der Waals surface area contributed by atoms with Gasteiger partial charge in [0.25, 0.3) is 0 Å². The molecule has 0 bridgehead atoms. The van der Waals surface area contributed by atoms with Crippen molar-refractivity contribution in [1.82, 2.24) is 0 Å². The normalized spacial score (nSPS) is 16.4. The maximum Gasteiger partial charge on any atom is 0.316 e. The van der Waals surface area contributed by atoms with Crippen molar-refractivity contribution in [3.8, 4) is 23.0 Å². The molecule has 1 saturated carbocycles. The Labute approximate surface area is 593 Å². The predicted octanol–water partition coefficient (Wildman–Crippen LogP) is 24.4. The Morgan fingerprint density at radius 2 is 0.639 bits per heavy atom. The second-order valence-electron chi connectivity index (χ2n) is 36.0. The van der Waals surface area contributed by atoms with Crippen LogP contribution in [0.4, 0.5) is 0 Å². The highest BCUT2D eigenvalue weighted by Gasteiger charge is 2.44. The van der Waals surface area contributed by atoms with Crippen molar-refractivity contribution < 1.29 is 47.7 Å². The topological polar surface area (TPSA) is 132 Å². The number of benzene rings is 4. The fraction of sp³-hybridized carbons (Fsp3) is 0.667. The molecule has 0 spiro atoms. The van der Waals surface area contributed by atoms with Crippen molar-refractivity contribution in [3.05, 3.63) is 118 Å². The van der Waals surface area contributed by atoms with Gasteiger partial charge in [0, 0.05) is 5.92 Å². The Kier molecular flexibility index (Phi) is 33.6. The van der Waals surface area contributed by atoms with Crippen LogP contribution in [0.25, 0.3) is 0 Å². The zero-order valence-electron chi connectivity index (χ0n) is 68.2. The van der Waals surface area contributed by atoms with Gasteiger partial charge < -0.3 is 23.7 Å². The van der Waals surface area contributed by atoms with Crippen LogP contribution in [0.3, 0.4) is 0 Å². The van der Waals surface area contributed by atoms with Crippen LogP contribution in [-0.2, 0) is 45.0 Å². The van der Waals surface area contributed by atoms with Crippen LogP contribution < -0.4 is 18.9 Å². The van der Waals surface area contributed by atoms with Gasteiger partial charge in [-0.1, -0.05) is 209 Å². The van der Waals surface area contributed by atoms with E-state index in [2.05, 4.69) is 158 Å². The largest absolute Gasteiger partial charge is 0.461 e. The zero-order valence-corrected chi connectivity index (χ0v) is 68.2. The van der Waals surface area contributed by atoms with E-state index >= 15 is 0 Å². The third kappa shape index (κ3) is 29.1. The summed E-state index contributed by atoms with van der Waals surface area (Å²) in [6.07, 6.45) is 6.30. The van der Waals surface area contributed by atoms with Crippen LogP contribution in [0.2, 0.25) is 0 Å². The van der Waals surface area contributed by atoms with Gasteiger partial charge in [0.1, 0.15) is 29.1 Å². The first-order valence-electron chi connectivity index (χ1n) is 36.6. The first-order chi connectivity index (χ1) is 44.0.